The third-order valence-electron chi connectivity index (χ3n) is 4.82. The zero-order valence-electron chi connectivity index (χ0n) is 13.7. The van der Waals surface area contributed by atoms with Gasteiger partial charge in [-0.1, -0.05) is 18.2 Å². The summed E-state index contributed by atoms with van der Waals surface area (Å²) in [5, 5.41) is 1.29. The van der Waals surface area contributed by atoms with E-state index in [1.54, 1.807) is 24.8 Å². The molecule has 5 nitrogen and oxygen atoms in total. The van der Waals surface area contributed by atoms with E-state index in [4.69, 9.17) is 5.84 Å². The molecule has 0 aliphatic carbocycles. The minimum absolute atomic E-state index is 0.0812. The molecule has 1 amide bonds. The molecule has 0 radical (unpaired) electrons. The molecule has 0 saturated heterocycles. The maximum Gasteiger partial charge on any atom is 0.252 e. The minimum atomic E-state index is -0.728. The highest BCUT2D eigenvalue weighted by Crippen LogP contribution is 2.44. The Hall–Kier alpha value is -3.05. The van der Waals surface area contributed by atoms with Gasteiger partial charge in [-0.2, -0.15) is 0 Å². The molecular weight excluding hydrogens is 312 g/mol. The second-order valence-corrected chi connectivity index (χ2v) is 6.34. The van der Waals surface area contributed by atoms with Gasteiger partial charge in [0.25, 0.3) is 5.91 Å². The Morgan fingerprint density at radius 2 is 1.36 bits per heavy atom. The molecule has 3 heterocycles. The number of aromatic nitrogens is 2. The Kier molecular flexibility index (Phi) is 3.78. The van der Waals surface area contributed by atoms with E-state index in [2.05, 4.69) is 9.97 Å². The molecule has 1 aromatic carbocycles. The van der Waals surface area contributed by atoms with Gasteiger partial charge in [-0.05, 0) is 59.9 Å². The second-order valence-electron chi connectivity index (χ2n) is 6.34. The highest BCUT2D eigenvalue weighted by atomic mass is 16.2. The summed E-state index contributed by atoms with van der Waals surface area (Å²) in [6.07, 6.45) is 8.15. The standard InChI is InChI=1S/C20H18N4O/c21-24-18-4-2-1-3-17(18)20(19(24)25,13-15-5-9-22-10-6-15)14-16-7-11-23-12-8-16/h1-12H,13-14,21H2. The number of nitrogens with zero attached hydrogens (tertiary/aromatic N) is 3. The molecule has 3 aromatic rings. The molecule has 0 unspecified atom stereocenters. The number of benzene rings is 1. The number of para-hydroxylation sites is 1. The number of rotatable bonds is 4. The van der Waals surface area contributed by atoms with Crippen molar-refractivity contribution < 1.29 is 4.79 Å². The fourth-order valence-corrected chi connectivity index (χ4v) is 3.65. The van der Waals surface area contributed by atoms with Crippen LogP contribution in [0.1, 0.15) is 16.7 Å². The summed E-state index contributed by atoms with van der Waals surface area (Å²) in [7, 11) is 0. The van der Waals surface area contributed by atoms with Crippen LogP contribution in [0.15, 0.2) is 73.3 Å². The fourth-order valence-electron chi connectivity index (χ4n) is 3.65. The van der Waals surface area contributed by atoms with Crippen LogP contribution >= 0.6 is 0 Å². The van der Waals surface area contributed by atoms with Crippen LogP contribution in [-0.2, 0) is 23.1 Å². The number of fused-ring (bicyclic) bond motifs is 1. The number of amides is 1. The number of carbonyl (C=O) groups excluding carboxylic acids is 1. The average molecular weight is 330 g/mol. The number of hydrogen-bond acceptors (Lipinski definition) is 4. The van der Waals surface area contributed by atoms with Gasteiger partial charge in [0.15, 0.2) is 0 Å². The Bertz CT molecular complexity index is 854. The lowest BCUT2D eigenvalue weighted by molar-refractivity contribution is -0.123. The largest absolute Gasteiger partial charge is 0.272 e. The SMILES string of the molecule is NN1C(=O)C(Cc2ccncc2)(Cc2ccncc2)c2ccccc21. The zero-order valence-corrected chi connectivity index (χ0v) is 13.7. The number of carbonyl (C=O) groups is 1. The first kappa shape index (κ1) is 15.5. The summed E-state index contributed by atoms with van der Waals surface area (Å²) >= 11 is 0. The van der Waals surface area contributed by atoms with Crippen molar-refractivity contribution in [3.8, 4) is 0 Å². The molecule has 124 valence electrons. The summed E-state index contributed by atoms with van der Waals surface area (Å²) < 4.78 is 0. The first-order valence-electron chi connectivity index (χ1n) is 8.17. The Morgan fingerprint density at radius 3 is 1.92 bits per heavy atom. The van der Waals surface area contributed by atoms with Crippen molar-refractivity contribution in [3.63, 3.8) is 0 Å². The van der Waals surface area contributed by atoms with E-state index in [-0.39, 0.29) is 5.91 Å². The smallest absolute Gasteiger partial charge is 0.252 e. The Labute approximate surface area is 146 Å². The summed E-state index contributed by atoms with van der Waals surface area (Å²) in [5.74, 6) is 6.05. The van der Waals surface area contributed by atoms with E-state index < -0.39 is 5.41 Å². The molecule has 0 spiro atoms. The van der Waals surface area contributed by atoms with E-state index >= 15 is 0 Å². The molecule has 0 atom stereocenters. The van der Waals surface area contributed by atoms with Gasteiger partial charge in [0, 0.05) is 24.8 Å². The maximum absolute atomic E-state index is 13.3. The molecular formula is C20H18N4O. The molecule has 0 bridgehead atoms. The predicted molar refractivity (Wildman–Crippen MR) is 95.7 cm³/mol. The molecule has 1 aliphatic heterocycles. The fraction of sp³-hybridized carbons (Fsp3) is 0.150. The number of anilines is 1. The van der Waals surface area contributed by atoms with Gasteiger partial charge in [-0.3, -0.25) is 14.8 Å². The van der Waals surface area contributed by atoms with Crippen LogP contribution in [0.4, 0.5) is 5.69 Å². The van der Waals surface area contributed by atoms with Crippen LogP contribution in [0, 0.1) is 0 Å². The predicted octanol–water partition coefficient (Wildman–Crippen LogP) is 2.42. The quantitative estimate of drug-likeness (QED) is 0.589. The van der Waals surface area contributed by atoms with E-state index in [1.165, 1.54) is 5.01 Å². The van der Waals surface area contributed by atoms with Gasteiger partial charge in [-0.25, -0.2) is 10.9 Å². The first-order chi connectivity index (χ1) is 12.2. The van der Waals surface area contributed by atoms with E-state index in [9.17, 15) is 4.79 Å². The molecule has 5 heteroatoms. The third kappa shape index (κ3) is 2.58. The topological polar surface area (TPSA) is 72.1 Å². The van der Waals surface area contributed by atoms with Gasteiger partial charge >= 0.3 is 0 Å². The van der Waals surface area contributed by atoms with Crippen molar-refractivity contribution in [1.29, 1.82) is 0 Å². The Morgan fingerprint density at radius 1 is 0.840 bits per heavy atom. The van der Waals surface area contributed by atoms with Crippen LogP contribution in [0.25, 0.3) is 0 Å². The summed E-state index contributed by atoms with van der Waals surface area (Å²) in [5.41, 5.74) is 3.13. The average Bonchev–Trinajstić information content (AvgIpc) is 2.86. The lowest BCUT2D eigenvalue weighted by Gasteiger charge is -2.28. The van der Waals surface area contributed by atoms with Gasteiger partial charge in [0.2, 0.25) is 0 Å². The van der Waals surface area contributed by atoms with Gasteiger partial charge in [-0.15, -0.1) is 0 Å². The van der Waals surface area contributed by atoms with E-state index in [0.29, 0.717) is 12.8 Å². The van der Waals surface area contributed by atoms with Crippen molar-refractivity contribution in [1.82, 2.24) is 9.97 Å². The summed E-state index contributed by atoms with van der Waals surface area (Å²) in [6, 6.07) is 15.6. The second kappa shape index (κ2) is 6.11. The molecule has 0 saturated carbocycles. The van der Waals surface area contributed by atoms with Crippen molar-refractivity contribution in [2.24, 2.45) is 5.84 Å². The monoisotopic (exact) mass is 330 g/mol. The number of pyridine rings is 2. The van der Waals surface area contributed by atoms with Crippen molar-refractivity contribution in [3.05, 3.63) is 90.0 Å². The maximum atomic E-state index is 13.3. The number of hydrazine groups is 1. The van der Waals surface area contributed by atoms with Crippen molar-refractivity contribution in [2.45, 2.75) is 18.3 Å². The Balaban J connectivity index is 1.86. The van der Waals surface area contributed by atoms with Gasteiger partial charge < -0.3 is 0 Å². The molecule has 2 aromatic heterocycles. The summed E-state index contributed by atoms with van der Waals surface area (Å²) in [4.78, 5) is 21.4. The van der Waals surface area contributed by atoms with Crippen molar-refractivity contribution >= 4 is 11.6 Å². The summed E-state index contributed by atoms with van der Waals surface area (Å²) in [6.45, 7) is 0. The minimum Gasteiger partial charge on any atom is -0.272 e. The zero-order chi connectivity index (χ0) is 17.3. The van der Waals surface area contributed by atoms with E-state index in [0.717, 1.165) is 22.4 Å². The third-order valence-corrected chi connectivity index (χ3v) is 4.82. The van der Waals surface area contributed by atoms with Crippen LogP contribution in [0.5, 0.6) is 0 Å². The molecule has 1 aliphatic rings. The van der Waals surface area contributed by atoms with Crippen LogP contribution in [0.3, 0.4) is 0 Å². The van der Waals surface area contributed by atoms with Crippen molar-refractivity contribution in [2.75, 3.05) is 5.01 Å². The van der Waals surface area contributed by atoms with Gasteiger partial charge in [0.1, 0.15) is 0 Å². The molecule has 25 heavy (non-hydrogen) atoms. The van der Waals surface area contributed by atoms with E-state index in [1.807, 2.05) is 48.5 Å². The lowest BCUT2D eigenvalue weighted by atomic mass is 9.72. The number of nitrogens with two attached hydrogens (primary N) is 1. The highest BCUT2D eigenvalue weighted by molar-refractivity contribution is 6.07. The normalized spacial score (nSPS) is 15.2. The van der Waals surface area contributed by atoms with Crippen LogP contribution in [0.2, 0.25) is 0 Å². The highest BCUT2D eigenvalue weighted by Gasteiger charge is 2.50. The molecule has 2 N–H and O–H groups in total. The first-order valence-corrected chi connectivity index (χ1v) is 8.17. The number of hydrogen-bond donors (Lipinski definition) is 1. The molecule has 0 fully saturated rings. The van der Waals surface area contributed by atoms with Crippen LogP contribution < -0.4 is 10.9 Å². The van der Waals surface area contributed by atoms with Gasteiger partial charge in [0.05, 0.1) is 11.1 Å². The van der Waals surface area contributed by atoms with Crippen LogP contribution in [-0.4, -0.2) is 15.9 Å². The molecule has 4 rings (SSSR count). The lowest BCUT2D eigenvalue weighted by Crippen LogP contribution is -2.46.